The van der Waals surface area contributed by atoms with Crippen molar-refractivity contribution in [3.05, 3.63) is 66.1 Å². The lowest BCUT2D eigenvalue weighted by Crippen LogP contribution is -2.27. The van der Waals surface area contributed by atoms with E-state index in [-0.39, 0.29) is 5.91 Å². The van der Waals surface area contributed by atoms with Gasteiger partial charge in [0.15, 0.2) is 5.65 Å². The zero-order valence-electron chi connectivity index (χ0n) is 20.9. The highest BCUT2D eigenvalue weighted by Gasteiger charge is 2.21. The second-order valence-corrected chi connectivity index (χ2v) is 11.4. The number of thiophene rings is 1. The summed E-state index contributed by atoms with van der Waals surface area (Å²) in [5.74, 6) is -0.0679. The van der Waals surface area contributed by atoms with Crippen LogP contribution in [0.15, 0.2) is 61.2 Å². The van der Waals surface area contributed by atoms with E-state index in [0.717, 1.165) is 44.5 Å². The van der Waals surface area contributed by atoms with Crippen molar-refractivity contribution in [2.45, 2.75) is 27.7 Å². The second kappa shape index (κ2) is 8.63. The van der Waals surface area contributed by atoms with Gasteiger partial charge in [-0.15, -0.1) is 11.3 Å². The predicted octanol–water partition coefficient (Wildman–Crippen LogP) is 6.58. The number of aryl methyl sites for hydroxylation is 1. The molecule has 6 aromatic heterocycles. The summed E-state index contributed by atoms with van der Waals surface area (Å²) in [6, 6.07) is 12.4. The highest BCUT2D eigenvalue weighted by atomic mass is 32.1. The van der Waals surface area contributed by atoms with Gasteiger partial charge in [-0.05, 0) is 43.3 Å². The highest BCUT2D eigenvalue weighted by Crippen LogP contribution is 2.36. The first-order valence-electron chi connectivity index (χ1n) is 11.9. The van der Waals surface area contributed by atoms with Crippen LogP contribution in [0.2, 0.25) is 0 Å². The van der Waals surface area contributed by atoms with E-state index in [0.29, 0.717) is 11.3 Å². The van der Waals surface area contributed by atoms with Crippen molar-refractivity contribution in [1.29, 1.82) is 0 Å². The number of aromatic nitrogens is 6. The molecule has 0 unspecified atom stereocenters. The van der Waals surface area contributed by atoms with Crippen LogP contribution in [0.4, 0.5) is 5.69 Å². The van der Waals surface area contributed by atoms with E-state index in [2.05, 4.69) is 60.6 Å². The number of nitrogens with zero attached hydrogens (tertiary/aromatic N) is 4. The number of carbonyl (C=O) groups excluding carboxylic acids is 1. The van der Waals surface area contributed by atoms with Gasteiger partial charge in [-0.25, -0.2) is 9.97 Å². The number of anilines is 1. The summed E-state index contributed by atoms with van der Waals surface area (Å²) in [5.41, 5.74) is 6.16. The van der Waals surface area contributed by atoms with Crippen LogP contribution in [0.1, 0.15) is 25.6 Å². The first-order valence-corrected chi connectivity index (χ1v) is 12.7. The molecule has 184 valence electrons. The van der Waals surface area contributed by atoms with E-state index in [1.165, 1.54) is 9.75 Å². The van der Waals surface area contributed by atoms with E-state index in [9.17, 15) is 4.79 Å². The van der Waals surface area contributed by atoms with E-state index >= 15 is 0 Å². The number of H-pyrrole nitrogens is 2. The van der Waals surface area contributed by atoms with Crippen molar-refractivity contribution < 1.29 is 4.79 Å². The van der Waals surface area contributed by atoms with Gasteiger partial charge in [0.2, 0.25) is 5.91 Å². The standard InChI is InChI=1S/C28H25N7OS/c1-15-5-6-23(37-15)19-7-8-30-25-20(19)11-22(33-25)24-21-10-17(13-31-26(21)35-34-24)16-9-18(14-29-12-16)32-27(36)28(2,3)4/h5-14H,1-4H3,(H,30,33)(H,32,36)(H,31,34,35). The zero-order valence-corrected chi connectivity index (χ0v) is 21.7. The largest absolute Gasteiger partial charge is 0.338 e. The maximum atomic E-state index is 12.4. The van der Waals surface area contributed by atoms with E-state index in [1.54, 1.807) is 29.9 Å². The van der Waals surface area contributed by atoms with Crippen molar-refractivity contribution in [2.24, 2.45) is 5.41 Å². The number of rotatable bonds is 4. The molecule has 0 aliphatic carbocycles. The molecule has 0 atom stereocenters. The van der Waals surface area contributed by atoms with Crippen LogP contribution >= 0.6 is 11.3 Å². The Kier molecular flexibility index (Phi) is 5.38. The molecule has 8 nitrogen and oxygen atoms in total. The number of pyridine rings is 3. The molecule has 37 heavy (non-hydrogen) atoms. The molecule has 0 bridgehead atoms. The third-order valence-corrected chi connectivity index (χ3v) is 7.26. The van der Waals surface area contributed by atoms with Crippen LogP contribution in [0.3, 0.4) is 0 Å². The van der Waals surface area contributed by atoms with Crippen LogP contribution in [0.25, 0.3) is 55.0 Å². The molecule has 1 amide bonds. The lowest BCUT2D eigenvalue weighted by atomic mass is 9.95. The van der Waals surface area contributed by atoms with Crippen LogP contribution < -0.4 is 5.32 Å². The lowest BCUT2D eigenvalue weighted by Gasteiger charge is -2.17. The number of fused-ring (bicyclic) bond motifs is 2. The Balaban J connectivity index is 1.40. The minimum atomic E-state index is -0.501. The Morgan fingerprint density at radius 3 is 2.59 bits per heavy atom. The average Bonchev–Trinajstić information content (AvgIpc) is 3.60. The molecule has 0 spiro atoms. The maximum Gasteiger partial charge on any atom is 0.229 e. The van der Waals surface area contributed by atoms with Gasteiger partial charge in [-0.3, -0.25) is 14.9 Å². The van der Waals surface area contributed by atoms with E-state index in [1.807, 2.05) is 45.2 Å². The number of hydrogen-bond acceptors (Lipinski definition) is 6. The van der Waals surface area contributed by atoms with Crippen LogP contribution in [0.5, 0.6) is 0 Å². The number of nitrogens with one attached hydrogen (secondary N) is 3. The summed E-state index contributed by atoms with van der Waals surface area (Å²) in [7, 11) is 0. The molecule has 0 aliphatic rings. The van der Waals surface area contributed by atoms with Gasteiger partial charge in [0, 0.05) is 61.2 Å². The summed E-state index contributed by atoms with van der Waals surface area (Å²) in [6.07, 6.45) is 7.00. The Bertz CT molecular complexity index is 1790. The summed E-state index contributed by atoms with van der Waals surface area (Å²) in [6.45, 7) is 7.74. The quantitative estimate of drug-likeness (QED) is 0.249. The van der Waals surface area contributed by atoms with Gasteiger partial charge in [0.1, 0.15) is 5.65 Å². The minimum Gasteiger partial charge on any atom is -0.338 e. The normalized spacial score (nSPS) is 11.9. The molecule has 3 N–H and O–H groups in total. The Hall–Kier alpha value is -4.37. The zero-order chi connectivity index (χ0) is 25.7. The lowest BCUT2D eigenvalue weighted by molar-refractivity contribution is -0.123. The maximum absolute atomic E-state index is 12.4. The molecular formula is C28H25N7OS. The Morgan fingerprint density at radius 2 is 1.81 bits per heavy atom. The van der Waals surface area contributed by atoms with Crippen molar-refractivity contribution in [1.82, 2.24) is 30.1 Å². The molecule has 0 fully saturated rings. The Morgan fingerprint density at radius 1 is 0.973 bits per heavy atom. The number of aromatic amines is 2. The molecule has 6 rings (SSSR count). The monoisotopic (exact) mass is 507 g/mol. The first kappa shape index (κ1) is 23.1. The molecule has 0 radical (unpaired) electrons. The number of carbonyl (C=O) groups is 1. The van der Waals surface area contributed by atoms with Gasteiger partial charge < -0.3 is 10.3 Å². The van der Waals surface area contributed by atoms with Crippen LogP contribution in [-0.2, 0) is 4.79 Å². The molecule has 0 aromatic carbocycles. The fourth-order valence-corrected chi connectivity index (χ4v) is 5.11. The van der Waals surface area contributed by atoms with Crippen molar-refractivity contribution in [3.63, 3.8) is 0 Å². The van der Waals surface area contributed by atoms with Gasteiger partial charge in [0.05, 0.1) is 23.3 Å². The van der Waals surface area contributed by atoms with Gasteiger partial charge in [0.25, 0.3) is 0 Å². The topological polar surface area (TPSA) is 112 Å². The fourth-order valence-electron chi connectivity index (χ4n) is 4.20. The van der Waals surface area contributed by atoms with Gasteiger partial charge >= 0.3 is 0 Å². The molecule has 6 aromatic rings. The Labute approximate surface area is 217 Å². The fraction of sp³-hybridized carbons (Fsp3) is 0.179. The summed E-state index contributed by atoms with van der Waals surface area (Å²) in [4.78, 5) is 31.8. The van der Waals surface area contributed by atoms with Crippen LogP contribution in [-0.4, -0.2) is 36.0 Å². The molecule has 0 saturated carbocycles. The summed E-state index contributed by atoms with van der Waals surface area (Å²) < 4.78 is 0. The SMILES string of the molecule is Cc1ccc(-c2ccnc3[nH]c(-c4[nH]nc5ncc(-c6cncc(NC(=O)C(C)(C)C)c6)cc45)cc23)s1. The first-order chi connectivity index (χ1) is 17.8. The second-order valence-electron chi connectivity index (χ2n) is 10.1. The average molecular weight is 508 g/mol. The smallest absolute Gasteiger partial charge is 0.229 e. The molecule has 6 heterocycles. The van der Waals surface area contributed by atoms with Gasteiger partial charge in [-0.2, -0.15) is 5.10 Å². The van der Waals surface area contributed by atoms with E-state index < -0.39 is 5.41 Å². The molecular weight excluding hydrogens is 482 g/mol. The van der Waals surface area contributed by atoms with Crippen LogP contribution in [0, 0.1) is 12.3 Å². The predicted molar refractivity (Wildman–Crippen MR) is 148 cm³/mol. The van der Waals surface area contributed by atoms with Crippen molar-refractivity contribution >= 4 is 45.0 Å². The third kappa shape index (κ3) is 4.27. The number of hydrogen-bond donors (Lipinski definition) is 3. The van der Waals surface area contributed by atoms with Crippen molar-refractivity contribution in [3.8, 4) is 33.0 Å². The summed E-state index contributed by atoms with van der Waals surface area (Å²) in [5, 5.41) is 12.4. The third-order valence-electron chi connectivity index (χ3n) is 6.23. The molecule has 9 heteroatoms. The highest BCUT2D eigenvalue weighted by molar-refractivity contribution is 7.15. The van der Waals surface area contributed by atoms with E-state index in [4.69, 9.17) is 0 Å². The minimum absolute atomic E-state index is 0.0679. The van der Waals surface area contributed by atoms with Crippen molar-refractivity contribution in [2.75, 3.05) is 5.32 Å². The van der Waals surface area contributed by atoms with Gasteiger partial charge in [-0.1, -0.05) is 20.8 Å². The molecule has 0 aliphatic heterocycles. The number of amides is 1. The summed E-state index contributed by atoms with van der Waals surface area (Å²) >= 11 is 1.77. The molecule has 0 saturated heterocycles.